The Morgan fingerprint density at radius 2 is 2.00 bits per heavy atom. The van der Waals surface area contributed by atoms with Gasteiger partial charge in [-0.2, -0.15) is 0 Å². The summed E-state index contributed by atoms with van der Waals surface area (Å²) in [6.07, 6.45) is 5.00. The van der Waals surface area contributed by atoms with Crippen LogP contribution in [-0.2, 0) is 10.5 Å². The van der Waals surface area contributed by atoms with E-state index in [9.17, 15) is 18.0 Å². The summed E-state index contributed by atoms with van der Waals surface area (Å²) in [4.78, 5) is 16.7. The van der Waals surface area contributed by atoms with Crippen molar-refractivity contribution in [2.45, 2.75) is 3.48 Å². The van der Waals surface area contributed by atoms with Gasteiger partial charge in [-0.25, -0.2) is 4.98 Å². The maximum absolute atomic E-state index is 13.8. The van der Waals surface area contributed by atoms with Gasteiger partial charge in [0.15, 0.2) is 0 Å². The molecule has 0 spiro atoms. The Morgan fingerprint density at radius 1 is 1.19 bits per heavy atom. The SMILES string of the molecule is Cn1cncc1-c1cn(-c2cccc(C(=O)Nc3cc(F)cc([C](F)(F)[Tl])c3)c2)nn1. The second kappa shape index (κ2) is 8.25. The summed E-state index contributed by atoms with van der Waals surface area (Å²) in [5.41, 5.74) is 1.71. The van der Waals surface area contributed by atoms with E-state index in [2.05, 4.69) is 20.6 Å². The number of hydrogen-bond acceptors (Lipinski definition) is 4. The van der Waals surface area contributed by atoms with Crippen molar-refractivity contribution in [3.05, 3.63) is 78.1 Å². The minimum atomic E-state index is -3.07. The number of nitrogens with one attached hydrogen (secondary N) is 1. The van der Waals surface area contributed by atoms with E-state index in [0.717, 1.165) is 23.9 Å². The molecule has 4 aromatic rings. The Balaban J connectivity index is 1.58. The first-order valence-electron chi connectivity index (χ1n) is 8.99. The number of halogens is 3. The Morgan fingerprint density at radius 3 is 2.71 bits per heavy atom. The molecule has 2 aromatic carbocycles. The van der Waals surface area contributed by atoms with Gasteiger partial charge < -0.3 is 4.57 Å². The topological polar surface area (TPSA) is 77.6 Å². The number of aryl methyl sites for hydroxylation is 1. The second-order valence-electron chi connectivity index (χ2n) is 6.79. The number of imidazole rings is 1. The van der Waals surface area contributed by atoms with Crippen molar-refractivity contribution in [1.82, 2.24) is 24.5 Å². The Bertz CT molecular complexity index is 1260. The van der Waals surface area contributed by atoms with Crippen molar-refractivity contribution in [3.63, 3.8) is 0 Å². The predicted octanol–water partition coefficient (Wildman–Crippen LogP) is 3.28. The van der Waals surface area contributed by atoms with Crippen LogP contribution in [-0.4, -0.2) is 56.2 Å². The third-order valence-corrected chi connectivity index (χ3v) is 5.78. The number of alkyl halides is 2. The fraction of sp³-hybridized carbons (Fsp3) is 0.100. The number of carbonyl (C=O) groups excluding carboxylic acids is 1. The van der Waals surface area contributed by atoms with Gasteiger partial charge in [-0.1, -0.05) is 0 Å². The maximum atomic E-state index is 13.8. The van der Waals surface area contributed by atoms with E-state index in [1.54, 1.807) is 47.6 Å². The molecule has 0 aliphatic carbocycles. The van der Waals surface area contributed by atoms with E-state index < -0.39 is 46.5 Å². The second-order valence-corrected chi connectivity index (χ2v) is 9.61. The van der Waals surface area contributed by atoms with Crippen LogP contribution < -0.4 is 5.32 Å². The number of aromatic nitrogens is 5. The van der Waals surface area contributed by atoms with E-state index >= 15 is 0 Å². The van der Waals surface area contributed by atoms with Gasteiger partial charge in [-0.15, -0.1) is 0 Å². The van der Waals surface area contributed by atoms with Crippen molar-refractivity contribution < 1.29 is 18.0 Å². The molecule has 0 bridgehead atoms. The van der Waals surface area contributed by atoms with Gasteiger partial charge in [0.25, 0.3) is 0 Å². The third kappa shape index (κ3) is 4.68. The van der Waals surface area contributed by atoms with Crippen LogP contribution in [0.3, 0.4) is 0 Å². The molecule has 31 heavy (non-hydrogen) atoms. The molecule has 2 aromatic heterocycles. The van der Waals surface area contributed by atoms with E-state index in [1.165, 1.54) is 4.68 Å². The zero-order valence-corrected chi connectivity index (χ0v) is 20.6. The van der Waals surface area contributed by atoms with Crippen LogP contribution in [0.5, 0.6) is 0 Å². The van der Waals surface area contributed by atoms with Gasteiger partial charge in [-0.3, -0.25) is 0 Å². The molecule has 11 heteroatoms. The first kappa shape index (κ1) is 21.2. The quantitative estimate of drug-likeness (QED) is 0.350. The number of amides is 1. The first-order chi connectivity index (χ1) is 14.7. The molecule has 0 atom stereocenters. The van der Waals surface area contributed by atoms with E-state index in [4.69, 9.17) is 0 Å². The van der Waals surface area contributed by atoms with Crippen molar-refractivity contribution in [2.75, 3.05) is 5.32 Å². The van der Waals surface area contributed by atoms with Crippen molar-refractivity contribution in [2.24, 2.45) is 7.05 Å². The van der Waals surface area contributed by atoms with Gasteiger partial charge in [0.1, 0.15) is 0 Å². The van der Waals surface area contributed by atoms with Gasteiger partial charge in [0.2, 0.25) is 0 Å². The van der Waals surface area contributed by atoms with Gasteiger partial charge in [-0.05, 0) is 0 Å². The summed E-state index contributed by atoms with van der Waals surface area (Å²) in [6, 6.07) is 9.38. The van der Waals surface area contributed by atoms with Crippen LogP contribution in [0.2, 0.25) is 0 Å². The number of benzene rings is 2. The summed E-state index contributed by atoms with van der Waals surface area (Å²) >= 11 is -0.696. The molecule has 0 saturated heterocycles. The number of rotatable bonds is 5. The number of nitrogens with zero attached hydrogens (tertiary/aromatic N) is 5. The summed E-state index contributed by atoms with van der Waals surface area (Å²) in [6.45, 7) is 0. The molecule has 0 radical (unpaired) electrons. The average Bonchev–Trinajstić information content (AvgIpc) is 3.36. The number of anilines is 1. The molecule has 0 aliphatic heterocycles. The van der Waals surface area contributed by atoms with Gasteiger partial charge in [0.05, 0.1) is 18.2 Å². The van der Waals surface area contributed by atoms with Crippen LogP contribution in [0, 0.1) is 5.82 Å². The summed E-state index contributed by atoms with van der Waals surface area (Å²) in [5, 5.41) is 10.7. The van der Waals surface area contributed by atoms with Crippen molar-refractivity contribution in [3.8, 4) is 17.1 Å². The molecule has 7 nitrogen and oxygen atoms in total. The molecule has 0 unspecified atom stereocenters. The molecule has 0 fully saturated rings. The zero-order valence-electron chi connectivity index (χ0n) is 16.1. The molecular formula is C20H14F3N6OTl. The Kier molecular flexibility index (Phi) is 5.64. The van der Waals surface area contributed by atoms with Gasteiger partial charge in [0, 0.05) is 7.05 Å². The average molecular weight is 616 g/mol. The number of carbonyl (C=O) groups is 1. The van der Waals surface area contributed by atoms with Crippen LogP contribution in [0.1, 0.15) is 15.9 Å². The molecular weight excluding hydrogens is 602 g/mol. The van der Waals surface area contributed by atoms with Crippen LogP contribution in [0.15, 0.2) is 61.2 Å². The van der Waals surface area contributed by atoms with E-state index in [1.807, 2.05) is 7.05 Å². The standard InChI is InChI=1S/C20H14F3N6O.Tl/c1-28-11-24-9-18(28)17-10-29(27-26-17)16-4-2-3-12(7-16)20(30)25-15-6-13(19(22)23)5-14(21)8-15;/h2-11H,1H3,(H,25,30);. The molecule has 4 rings (SSSR count). The van der Waals surface area contributed by atoms with E-state index in [0.29, 0.717) is 11.4 Å². The molecule has 2 heterocycles. The minimum absolute atomic E-state index is 0.0371. The monoisotopic (exact) mass is 616 g/mol. The number of hydrogen-bond donors (Lipinski definition) is 1. The fourth-order valence-electron chi connectivity index (χ4n) is 2.96. The van der Waals surface area contributed by atoms with E-state index in [-0.39, 0.29) is 11.3 Å². The first-order valence-corrected chi connectivity index (χ1v) is 11.2. The molecule has 0 saturated carbocycles. The van der Waals surface area contributed by atoms with Crippen LogP contribution in [0.4, 0.5) is 18.9 Å². The Hall–Kier alpha value is -3.03. The predicted molar refractivity (Wildman–Crippen MR) is 108 cm³/mol. The summed E-state index contributed by atoms with van der Waals surface area (Å²) in [7, 11) is 1.83. The molecule has 154 valence electrons. The van der Waals surface area contributed by atoms with Gasteiger partial charge >= 0.3 is 156 Å². The Labute approximate surface area is 190 Å². The van der Waals surface area contributed by atoms with Crippen molar-refractivity contribution >= 4 is 37.4 Å². The fourth-order valence-corrected chi connectivity index (χ4v) is 3.61. The van der Waals surface area contributed by atoms with Crippen LogP contribution in [0.25, 0.3) is 17.1 Å². The van der Waals surface area contributed by atoms with Crippen molar-refractivity contribution in [1.29, 1.82) is 0 Å². The molecule has 0 aliphatic rings. The molecule has 1 amide bonds. The third-order valence-electron chi connectivity index (χ3n) is 4.49. The summed E-state index contributed by atoms with van der Waals surface area (Å²) in [5.74, 6) is -1.41. The molecule has 1 N–H and O–H groups in total. The summed E-state index contributed by atoms with van der Waals surface area (Å²) < 4.78 is 41.2. The van der Waals surface area contributed by atoms with Crippen LogP contribution >= 0.6 is 0 Å². The normalized spacial score (nSPS) is 11.5. The zero-order chi connectivity index (χ0) is 22.2.